The van der Waals surface area contributed by atoms with Gasteiger partial charge in [0.1, 0.15) is 11.6 Å². The SMILES string of the molecule is CO[C@@H]1C[C@@H](CO)N(C(=O)c2cc(F)c(Cl)cc2F)C1. The van der Waals surface area contributed by atoms with E-state index in [1.54, 1.807) is 0 Å². The second-order valence-corrected chi connectivity index (χ2v) is 5.04. The minimum Gasteiger partial charge on any atom is -0.394 e. The van der Waals surface area contributed by atoms with Gasteiger partial charge in [0.2, 0.25) is 0 Å². The average Bonchev–Trinajstić information content (AvgIpc) is 2.85. The lowest BCUT2D eigenvalue weighted by Crippen LogP contribution is -2.38. The van der Waals surface area contributed by atoms with Gasteiger partial charge in [0.15, 0.2) is 0 Å². The molecule has 20 heavy (non-hydrogen) atoms. The predicted octanol–water partition coefficient (Wildman–Crippen LogP) is 1.84. The van der Waals surface area contributed by atoms with Crippen LogP contribution in [0, 0.1) is 11.6 Å². The van der Waals surface area contributed by atoms with Gasteiger partial charge >= 0.3 is 0 Å². The van der Waals surface area contributed by atoms with Crippen LogP contribution in [0.2, 0.25) is 5.02 Å². The van der Waals surface area contributed by atoms with E-state index in [1.165, 1.54) is 12.0 Å². The van der Waals surface area contributed by atoms with Crippen LogP contribution in [0.3, 0.4) is 0 Å². The highest BCUT2D eigenvalue weighted by atomic mass is 35.5. The Bertz CT molecular complexity index is 527. The Morgan fingerprint density at radius 1 is 1.50 bits per heavy atom. The fourth-order valence-electron chi connectivity index (χ4n) is 2.31. The van der Waals surface area contributed by atoms with Gasteiger partial charge in [-0.15, -0.1) is 0 Å². The molecule has 0 aliphatic carbocycles. The van der Waals surface area contributed by atoms with Crippen LogP contribution in [0.4, 0.5) is 8.78 Å². The number of methoxy groups -OCH3 is 1. The van der Waals surface area contributed by atoms with Gasteiger partial charge in [0.25, 0.3) is 5.91 Å². The van der Waals surface area contributed by atoms with Crippen molar-refractivity contribution in [3.63, 3.8) is 0 Å². The third kappa shape index (κ3) is 2.77. The Labute approximate surface area is 119 Å². The first-order chi connectivity index (χ1) is 9.47. The van der Waals surface area contributed by atoms with Gasteiger partial charge in [-0.3, -0.25) is 4.79 Å². The largest absolute Gasteiger partial charge is 0.394 e. The molecule has 4 nitrogen and oxygen atoms in total. The predicted molar refractivity (Wildman–Crippen MR) is 68.7 cm³/mol. The van der Waals surface area contributed by atoms with E-state index in [9.17, 15) is 18.7 Å². The van der Waals surface area contributed by atoms with Crippen molar-refractivity contribution in [2.45, 2.75) is 18.6 Å². The molecule has 1 saturated heterocycles. The molecule has 1 aliphatic heterocycles. The molecular weight excluding hydrogens is 292 g/mol. The van der Waals surface area contributed by atoms with Crippen molar-refractivity contribution in [2.75, 3.05) is 20.3 Å². The standard InChI is InChI=1S/C13H14ClF2NO3/c1-20-8-2-7(6-18)17(5-8)13(19)9-3-12(16)10(14)4-11(9)15/h3-4,7-8,18H,2,5-6H2,1H3/t7-,8+/m0/s1. The first-order valence-corrected chi connectivity index (χ1v) is 6.44. The molecule has 0 spiro atoms. The van der Waals surface area contributed by atoms with E-state index >= 15 is 0 Å². The third-order valence-corrected chi connectivity index (χ3v) is 3.71. The summed E-state index contributed by atoms with van der Waals surface area (Å²) in [6.45, 7) is -0.0342. The van der Waals surface area contributed by atoms with E-state index in [0.717, 1.165) is 12.1 Å². The number of aliphatic hydroxyl groups is 1. The summed E-state index contributed by atoms with van der Waals surface area (Å²) in [6.07, 6.45) is 0.229. The summed E-state index contributed by atoms with van der Waals surface area (Å²) in [7, 11) is 1.50. The van der Waals surface area contributed by atoms with Crippen LogP contribution in [0.15, 0.2) is 12.1 Å². The summed E-state index contributed by atoms with van der Waals surface area (Å²) < 4.78 is 32.3. The normalized spacial score (nSPS) is 22.4. The van der Waals surface area contributed by atoms with Crippen LogP contribution < -0.4 is 0 Å². The quantitative estimate of drug-likeness (QED) is 0.867. The zero-order valence-corrected chi connectivity index (χ0v) is 11.5. The maximum atomic E-state index is 13.8. The highest BCUT2D eigenvalue weighted by molar-refractivity contribution is 6.30. The molecule has 0 unspecified atom stereocenters. The summed E-state index contributed by atoms with van der Waals surface area (Å²) >= 11 is 5.45. The van der Waals surface area contributed by atoms with Crippen molar-refractivity contribution < 1.29 is 23.4 Å². The lowest BCUT2D eigenvalue weighted by molar-refractivity contribution is 0.0643. The number of rotatable bonds is 3. The molecule has 1 aromatic carbocycles. The molecule has 0 radical (unpaired) electrons. The smallest absolute Gasteiger partial charge is 0.257 e. The fraction of sp³-hybridized carbons (Fsp3) is 0.462. The second kappa shape index (κ2) is 6.03. The molecule has 0 saturated carbocycles. The fourth-order valence-corrected chi connectivity index (χ4v) is 2.46. The van der Waals surface area contributed by atoms with E-state index in [0.29, 0.717) is 6.42 Å². The number of likely N-dealkylation sites (tertiary alicyclic amines) is 1. The minimum absolute atomic E-state index is 0.226. The first kappa shape index (κ1) is 15.2. The van der Waals surface area contributed by atoms with Crippen molar-refractivity contribution in [1.82, 2.24) is 4.90 Å². The number of amides is 1. The van der Waals surface area contributed by atoms with Gasteiger partial charge in [-0.05, 0) is 18.6 Å². The molecule has 2 atom stereocenters. The Kier molecular flexibility index (Phi) is 4.57. The van der Waals surface area contributed by atoms with Crippen LogP contribution in [0.25, 0.3) is 0 Å². The average molecular weight is 306 g/mol. The molecule has 110 valence electrons. The van der Waals surface area contributed by atoms with Crippen molar-refractivity contribution in [3.05, 3.63) is 34.4 Å². The van der Waals surface area contributed by atoms with Gasteiger partial charge < -0.3 is 14.7 Å². The third-order valence-electron chi connectivity index (χ3n) is 3.42. The summed E-state index contributed by atoms with van der Waals surface area (Å²) in [5.74, 6) is -2.44. The molecule has 1 aliphatic rings. The first-order valence-electron chi connectivity index (χ1n) is 6.07. The molecule has 1 heterocycles. The Hall–Kier alpha value is -1.24. The van der Waals surface area contributed by atoms with E-state index in [4.69, 9.17) is 16.3 Å². The number of carbonyl (C=O) groups is 1. The molecule has 0 bridgehead atoms. The summed E-state index contributed by atoms with van der Waals surface area (Å²) in [5, 5.41) is 8.89. The van der Waals surface area contributed by atoms with Crippen molar-refractivity contribution in [1.29, 1.82) is 0 Å². The number of hydrogen-bond donors (Lipinski definition) is 1. The molecular formula is C13H14ClF2NO3. The van der Waals surface area contributed by atoms with E-state index in [2.05, 4.69) is 0 Å². The number of aliphatic hydroxyl groups excluding tert-OH is 1. The Morgan fingerprint density at radius 3 is 2.80 bits per heavy atom. The molecule has 1 amide bonds. The van der Waals surface area contributed by atoms with E-state index in [-0.39, 0.29) is 24.3 Å². The minimum atomic E-state index is -0.890. The maximum Gasteiger partial charge on any atom is 0.257 e. The number of ether oxygens (including phenoxy) is 1. The van der Waals surface area contributed by atoms with Gasteiger partial charge in [0.05, 0.1) is 29.3 Å². The highest BCUT2D eigenvalue weighted by Gasteiger charge is 2.36. The molecule has 2 rings (SSSR count). The number of hydrogen-bond acceptors (Lipinski definition) is 3. The van der Waals surface area contributed by atoms with Crippen LogP contribution in [-0.2, 0) is 4.74 Å². The zero-order chi connectivity index (χ0) is 14.9. The van der Waals surface area contributed by atoms with E-state index < -0.39 is 29.1 Å². The highest BCUT2D eigenvalue weighted by Crippen LogP contribution is 2.25. The maximum absolute atomic E-state index is 13.8. The number of benzene rings is 1. The molecule has 1 aromatic rings. The number of carbonyl (C=O) groups excluding carboxylic acids is 1. The molecule has 1 N–H and O–H groups in total. The van der Waals surface area contributed by atoms with Gasteiger partial charge in [-0.2, -0.15) is 0 Å². The van der Waals surface area contributed by atoms with Crippen LogP contribution in [-0.4, -0.2) is 48.3 Å². The van der Waals surface area contributed by atoms with Crippen molar-refractivity contribution in [2.24, 2.45) is 0 Å². The number of nitrogens with zero attached hydrogens (tertiary/aromatic N) is 1. The monoisotopic (exact) mass is 305 g/mol. The molecule has 0 aromatic heterocycles. The number of halogens is 3. The summed E-state index contributed by atoms with van der Waals surface area (Å²) in [6, 6.07) is 1.07. The van der Waals surface area contributed by atoms with Gasteiger partial charge in [-0.25, -0.2) is 8.78 Å². The van der Waals surface area contributed by atoms with E-state index in [1.807, 2.05) is 0 Å². The summed E-state index contributed by atoms with van der Waals surface area (Å²) in [5.41, 5.74) is -0.401. The van der Waals surface area contributed by atoms with Gasteiger partial charge in [0, 0.05) is 13.7 Å². The van der Waals surface area contributed by atoms with Gasteiger partial charge in [-0.1, -0.05) is 11.6 Å². The van der Waals surface area contributed by atoms with Crippen LogP contribution >= 0.6 is 11.6 Å². The second-order valence-electron chi connectivity index (χ2n) is 4.63. The molecule has 1 fully saturated rings. The summed E-state index contributed by atoms with van der Waals surface area (Å²) in [4.78, 5) is 13.6. The zero-order valence-electron chi connectivity index (χ0n) is 10.8. The topological polar surface area (TPSA) is 49.8 Å². The van der Waals surface area contributed by atoms with Crippen molar-refractivity contribution in [3.8, 4) is 0 Å². The Balaban J connectivity index is 2.29. The van der Waals surface area contributed by atoms with Crippen LogP contribution in [0.1, 0.15) is 16.8 Å². The van der Waals surface area contributed by atoms with Crippen LogP contribution in [0.5, 0.6) is 0 Å². The Morgan fingerprint density at radius 2 is 2.20 bits per heavy atom. The lowest BCUT2D eigenvalue weighted by Gasteiger charge is -2.23. The van der Waals surface area contributed by atoms with Crippen molar-refractivity contribution >= 4 is 17.5 Å². The lowest BCUT2D eigenvalue weighted by atomic mass is 10.1. The molecule has 7 heteroatoms.